The normalized spacial score (nSPS) is 12.9. The van der Waals surface area contributed by atoms with Gasteiger partial charge in [-0.15, -0.1) is 0 Å². The molecule has 0 fully saturated rings. The highest BCUT2D eigenvalue weighted by Gasteiger charge is 2.17. The molecule has 0 bridgehead atoms. The summed E-state index contributed by atoms with van der Waals surface area (Å²) in [6.45, 7) is 1.64. The van der Waals surface area contributed by atoms with Gasteiger partial charge in [-0.2, -0.15) is 0 Å². The fraction of sp³-hybridized carbons (Fsp3) is 0.267. The Morgan fingerprint density at radius 2 is 1.95 bits per heavy atom. The number of nitrogens with zero attached hydrogens (tertiary/aromatic N) is 1. The molecule has 7 heteroatoms. The van der Waals surface area contributed by atoms with Crippen LogP contribution in [0.1, 0.15) is 17.3 Å². The molecule has 0 spiro atoms. The van der Waals surface area contributed by atoms with E-state index in [9.17, 15) is 13.2 Å². The molecule has 0 saturated carbocycles. The minimum absolute atomic E-state index is 0.117. The monoisotopic (exact) mass is 340 g/mol. The quantitative estimate of drug-likeness (QED) is 0.908. The van der Waals surface area contributed by atoms with Gasteiger partial charge >= 0.3 is 0 Å². The Balaban J connectivity index is 2.21. The first-order valence-electron chi connectivity index (χ1n) is 6.68. The van der Waals surface area contributed by atoms with Crippen LogP contribution in [0, 0.1) is 0 Å². The van der Waals surface area contributed by atoms with Crippen LogP contribution in [-0.4, -0.2) is 36.9 Å². The summed E-state index contributed by atoms with van der Waals surface area (Å²) in [5.74, 6) is -0.511. The van der Waals surface area contributed by atoms with E-state index in [0.29, 0.717) is 10.6 Å². The third-order valence-electron chi connectivity index (χ3n) is 3.03. The van der Waals surface area contributed by atoms with Gasteiger partial charge in [0.2, 0.25) is 0 Å². The van der Waals surface area contributed by atoms with Crippen molar-refractivity contribution in [2.24, 2.45) is 0 Å². The lowest BCUT2D eigenvalue weighted by molar-refractivity contribution is 0.0944. The summed E-state index contributed by atoms with van der Waals surface area (Å²) in [7, 11) is -3.16. The highest BCUT2D eigenvalue weighted by atomic mass is 35.5. The molecule has 1 unspecified atom stereocenters. The van der Waals surface area contributed by atoms with Crippen molar-refractivity contribution in [1.82, 2.24) is 9.88 Å². The Bertz CT molecular complexity index is 770. The second kappa shape index (κ2) is 6.54. The molecule has 1 atom stereocenters. The molecule has 0 radical (unpaired) electrons. The lowest BCUT2D eigenvalue weighted by Crippen LogP contribution is -2.37. The molecule has 118 valence electrons. The van der Waals surface area contributed by atoms with E-state index >= 15 is 0 Å². The fourth-order valence-corrected chi connectivity index (χ4v) is 3.35. The first-order chi connectivity index (χ1) is 10.3. The van der Waals surface area contributed by atoms with Gasteiger partial charge in [0.25, 0.3) is 5.91 Å². The summed E-state index contributed by atoms with van der Waals surface area (Å²) in [5.41, 5.74) is 1.11. The highest BCUT2D eigenvalue weighted by molar-refractivity contribution is 7.90. The molecule has 0 aliphatic rings. The van der Waals surface area contributed by atoms with Gasteiger partial charge < -0.3 is 9.88 Å². The van der Waals surface area contributed by atoms with Crippen molar-refractivity contribution in [3.63, 3.8) is 0 Å². The van der Waals surface area contributed by atoms with E-state index < -0.39 is 21.8 Å². The van der Waals surface area contributed by atoms with Gasteiger partial charge in [-0.05, 0) is 37.3 Å². The first-order valence-corrected chi connectivity index (χ1v) is 9.11. The molecular formula is C15H17ClN2O3S. The number of carbonyl (C=O) groups excluding carboxylic acids is 1. The predicted octanol–water partition coefficient (Wildman–Crippen LogP) is 2.29. The highest BCUT2D eigenvalue weighted by Crippen LogP contribution is 2.20. The van der Waals surface area contributed by atoms with Crippen LogP contribution in [0.5, 0.6) is 0 Å². The second-order valence-corrected chi connectivity index (χ2v) is 7.81. The van der Waals surface area contributed by atoms with Gasteiger partial charge in [0.1, 0.15) is 9.84 Å². The maximum absolute atomic E-state index is 12.3. The summed E-state index contributed by atoms with van der Waals surface area (Å²) in [6, 6.07) is 8.39. The first kappa shape index (κ1) is 16.6. The van der Waals surface area contributed by atoms with Crippen LogP contribution >= 0.6 is 11.6 Å². The van der Waals surface area contributed by atoms with Crippen molar-refractivity contribution < 1.29 is 13.2 Å². The summed E-state index contributed by atoms with van der Waals surface area (Å²) in [5, 5.41) is 2.97. The Morgan fingerprint density at radius 1 is 1.32 bits per heavy atom. The molecular weight excluding hydrogens is 324 g/mol. The molecule has 1 N–H and O–H groups in total. The van der Waals surface area contributed by atoms with Gasteiger partial charge in [0.15, 0.2) is 0 Å². The van der Waals surface area contributed by atoms with Gasteiger partial charge in [-0.25, -0.2) is 8.42 Å². The Labute approximate surface area is 134 Å². The molecule has 0 aliphatic carbocycles. The number of rotatable bonds is 5. The van der Waals surface area contributed by atoms with E-state index in [4.69, 9.17) is 11.6 Å². The maximum Gasteiger partial charge on any atom is 0.253 e. The van der Waals surface area contributed by atoms with Crippen molar-refractivity contribution >= 4 is 27.3 Å². The molecule has 5 nitrogen and oxygen atoms in total. The largest absolute Gasteiger partial charge is 0.349 e. The number of hydrogen-bond acceptors (Lipinski definition) is 3. The number of nitrogens with one attached hydrogen (secondary N) is 1. The van der Waals surface area contributed by atoms with Crippen LogP contribution in [0.4, 0.5) is 0 Å². The smallest absolute Gasteiger partial charge is 0.253 e. The van der Waals surface area contributed by atoms with Crippen molar-refractivity contribution in [3.8, 4) is 5.69 Å². The molecule has 2 rings (SSSR count). The average molecular weight is 341 g/mol. The molecule has 0 saturated heterocycles. The van der Waals surface area contributed by atoms with Crippen LogP contribution in [0.25, 0.3) is 5.69 Å². The van der Waals surface area contributed by atoms with Crippen LogP contribution in [0.15, 0.2) is 42.7 Å². The lowest BCUT2D eigenvalue weighted by atomic mass is 10.1. The van der Waals surface area contributed by atoms with E-state index in [-0.39, 0.29) is 5.75 Å². The van der Waals surface area contributed by atoms with E-state index in [2.05, 4.69) is 5.32 Å². The van der Waals surface area contributed by atoms with Crippen molar-refractivity contribution in [2.45, 2.75) is 13.0 Å². The fourth-order valence-electron chi connectivity index (χ4n) is 2.15. The van der Waals surface area contributed by atoms with E-state index in [1.165, 1.54) is 0 Å². The zero-order chi connectivity index (χ0) is 16.3. The summed E-state index contributed by atoms with van der Waals surface area (Å²) in [6.07, 6.45) is 4.85. The van der Waals surface area contributed by atoms with Gasteiger partial charge in [0, 0.05) is 30.4 Å². The average Bonchev–Trinajstić information content (AvgIpc) is 2.90. The Kier molecular flexibility index (Phi) is 4.93. The van der Waals surface area contributed by atoms with E-state index in [1.807, 2.05) is 29.1 Å². The Morgan fingerprint density at radius 3 is 2.55 bits per heavy atom. The van der Waals surface area contributed by atoms with Crippen LogP contribution in [0.2, 0.25) is 5.02 Å². The maximum atomic E-state index is 12.3. The minimum atomic E-state index is -3.16. The van der Waals surface area contributed by atoms with E-state index in [0.717, 1.165) is 11.9 Å². The van der Waals surface area contributed by atoms with Gasteiger partial charge in [0.05, 0.1) is 16.3 Å². The Hall–Kier alpha value is -1.79. The van der Waals surface area contributed by atoms with Crippen molar-refractivity contribution in [2.75, 3.05) is 12.0 Å². The van der Waals surface area contributed by atoms with Crippen LogP contribution in [-0.2, 0) is 9.84 Å². The minimum Gasteiger partial charge on any atom is -0.349 e. The van der Waals surface area contributed by atoms with Crippen LogP contribution < -0.4 is 5.32 Å². The molecule has 1 aromatic heterocycles. The van der Waals surface area contributed by atoms with Gasteiger partial charge in [-0.1, -0.05) is 11.6 Å². The number of sulfone groups is 1. The number of hydrogen-bond donors (Lipinski definition) is 1. The predicted molar refractivity (Wildman–Crippen MR) is 87.4 cm³/mol. The summed E-state index contributed by atoms with van der Waals surface area (Å²) >= 11 is 6.08. The van der Waals surface area contributed by atoms with E-state index in [1.54, 1.807) is 25.1 Å². The molecule has 1 heterocycles. The van der Waals surface area contributed by atoms with Crippen molar-refractivity contribution in [1.29, 1.82) is 0 Å². The standard InChI is InChI=1S/C15H17ClN2O3S/c1-11(10-22(2,20)21)17-15(19)13-9-12(5-6-14(13)16)18-7-3-4-8-18/h3-9,11H,10H2,1-2H3,(H,17,19). The number of carbonyl (C=O) groups is 1. The third kappa shape index (κ3) is 4.35. The second-order valence-electron chi connectivity index (χ2n) is 5.22. The SMILES string of the molecule is CC(CS(C)(=O)=O)NC(=O)c1cc(-n2cccc2)ccc1Cl. The summed E-state index contributed by atoms with van der Waals surface area (Å²) < 4.78 is 24.4. The van der Waals surface area contributed by atoms with Crippen LogP contribution in [0.3, 0.4) is 0 Å². The molecule has 0 aliphatic heterocycles. The number of aromatic nitrogens is 1. The zero-order valence-corrected chi connectivity index (χ0v) is 13.9. The number of benzene rings is 1. The number of amides is 1. The third-order valence-corrected chi connectivity index (χ3v) is 4.46. The zero-order valence-electron chi connectivity index (χ0n) is 12.3. The molecule has 22 heavy (non-hydrogen) atoms. The molecule has 1 aromatic carbocycles. The lowest BCUT2D eigenvalue weighted by Gasteiger charge is -2.14. The van der Waals surface area contributed by atoms with Gasteiger partial charge in [-0.3, -0.25) is 4.79 Å². The molecule has 2 aromatic rings. The van der Waals surface area contributed by atoms with Crippen molar-refractivity contribution in [3.05, 3.63) is 53.3 Å². The summed E-state index contributed by atoms with van der Waals surface area (Å²) in [4.78, 5) is 12.3. The number of halogens is 1. The topological polar surface area (TPSA) is 68.2 Å². The molecule has 1 amide bonds.